The van der Waals surface area contributed by atoms with Crippen molar-refractivity contribution in [2.45, 2.75) is 45.0 Å². The number of aliphatic hydroxyl groups excluding tert-OH is 1. The van der Waals surface area contributed by atoms with Crippen molar-refractivity contribution in [1.82, 2.24) is 10.6 Å². The minimum absolute atomic E-state index is 0.0310. The number of aliphatic hydroxyl groups is 1. The van der Waals surface area contributed by atoms with Crippen LogP contribution in [0.4, 0.5) is 0 Å². The average molecular weight is 467 g/mol. The second kappa shape index (κ2) is 11.7. The number of ketones is 2. The van der Waals surface area contributed by atoms with Crippen LogP contribution in [0.15, 0.2) is 60.7 Å². The zero-order chi connectivity index (χ0) is 24.7. The standard InChI is InChI=1S/C26H30N2O6/c1-16(2)22(28-25(32)24(31)18-11-7-4-8-12-18)23(30)19(13-17-9-5-3-6-10-17)14-21(29)27-20-15-34-26(20)33/h3-12,16,19-22,27,29H,13-15H2,1-2H3,(H,28,32). The van der Waals surface area contributed by atoms with E-state index in [-0.39, 0.29) is 30.3 Å². The summed E-state index contributed by atoms with van der Waals surface area (Å²) in [4.78, 5) is 50.2. The maximum Gasteiger partial charge on any atom is 0.326 e. The van der Waals surface area contributed by atoms with E-state index < -0.39 is 41.9 Å². The molecule has 0 bridgehead atoms. The van der Waals surface area contributed by atoms with Crippen LogP contribution in [-0.2, 0) is 25.5 Å². The van der Waals surface area contributed by atoms with E-state index in [1.807, 2.05) is 30.3 Å². The zero-order valence-corrected chi connectivity index (χ0v) is 19.3. The first-order valence-corrected chi connectivity index (χ1v) is 11.3. The number of nitrogens with one attached hydrogen (secondary N) is 2. The van der Waals surface area contributed by atoms with Crippen LogP contribution in [0.1, 0.15) is 36.2 Å². The van der Waals surface area contributed by atoms with Crippen LogP contribution >= 0.6 is 0 Å². The third-order valence-corrected chi connectivity index (χ3v) is 5.81. The lowest BCUT2D eigenvalue weighted by molar-refractivity contribution is -0.165. The van der Waals surface area contributed by atoms with E-state index in [9.17, 15) is 24.3 Å². The van der Waals surface area contributed by atoms with Gasteiger partial charge in [0.2, 0.25) is 5.78 Å². The van der Waals surface area contributed by atoms with Gasteiger partial charge in [-0.1, -0.05) is 74.5 Å². The fourth-order valence-electron chi connectivity index (χ4n) is 3.87. The normalized spacial score (nSPS) is 17.8. The van der Waals surface area contributed by atoms with Crippen molar-refractivity contribution in [3.8, 4) is 0 Å². The van der Waals surface area contributed by atoms with Gasteiger partial charge in [0.15, 0.2) is 5.78 Å². The number of carbonyl (C=O) groups excluding carboxylic acids is 4. The van der Waals surface area contributed by atoms with Crippen molar-refractivity contribution in [2.24, 2.45) is 11.8 Å². The average Bonchev–Trinajstić information content (AvgIpc) is 2.84. The molecule has 0 spiro atoms. The Kier molecular flexibility index (Phi) is 8.67. The van der Waals surface area contributed by atoms with Crippen molar-refractivity contribution in [3.05, 3.63) is 71.8 Å². The molecule has 1 fully saturated rings. The number of hydrogen-bond acceptors (Lipinski definition) is 7. The first kappa shape index (κ1) is 25.3. The Hall–Kier alpha value is -3.36. The summed E-state index contributed by atoms with van der Waals surface area (Å²) in [5, 5.41) is 15.9. The molecule has 4 unspecified atom stereocenters. The summed E-state index contributed by atoms with van der Waals surface area (Å²) >= 11 is 0. The van der Waals surface area contributed by atoms with Gasteiger partial charge >= 0.3 is 5.97 Å². The first-order valence-electron chi connectivity index (χ1n) is 11.3. The first-order chi connectivity index (χ1) is 16.3. The highest BCUT2D eigenvalue weighted by atomic mass is 16.6. The third kappa shape index (κ3) is 6.59. The number of benzene rings is 2. The molecule has 8 heteroatoms. The lowest BCUT2D eigenvalue weighted by Gasteiger charge is -2.31. The molecule has 0 radical (unpaired) electrons. The molecule has 1 heterocycles. The fourth-order valence-corrected chi connectivity index (χ4v) is 3.87. The predicted molar refractivity (Wildman–Crippen MR) is 125 cm³/mol. The number of Topliss-reactive ketones (excluding diaryl/α,β-unsaturated/α-hetero) is 2. The molecular formula is C26H30N2O6. The molecule has 8 nitrogen and oxygen atoms in total. The Balaban J connectivity index is 1.75. The highest BCUT2D eigenvalue weighted by Crippen LogP contribution is 2.20. The molecule has 3 rings (SSSR count). The second-order valence-corrected chi connectivity index (χ2v) is 8.78. The van der Waals surface area contributed by atoms with Crippen molar-refractivity contribution >= 4 is 23.4 Å². The van der Waals surface area contributed by atoms with Crippen LogP contribution in [0.3, 0.4) is 0 Å². The summed E-state index contributed by atoms with van der Waals surface area (Å²) in [6.07, 6.45) is -0.757. The fraction of sp³-hybridized carbons (Fsp3) is 0.385. The Bertz CT molecular complexity index is 1010. The lowest BCUT2D eigenvalue weighted by atomic mass is 9.84. The molecule has 0 saturated carbocycles. The van der Waals surface area contributed by atoms with Gasteiger partial charge in [-0.05, 0) is 24.3 Å². The van der Waals surface area contributed by atoms with Crippen molar-refractivity contribution in [3.63, 3.8) is 0 Å². The molecule has 1 aliphatic rings. The number of ether oxygens (including phenoxy) is 1. The molecule has 180 valence electrons. The molecule has 2 aromatic carbocycles. The van der Waals surface area contributed by atoms with Crippen LogP contribution in [0, 0.1) is 11.8 Å². The zero-order valence-electron chi connectivity index (χ0n) is 19.3. The molecule has 1 aliphatic heterocycles. The van der Waals surface area contributed by atoms with E-state index in [4.69, 9.17) is 4.74 Å². The lowest BCUT2D eigenvalue weighted by Crippen LogP contribution is -2.55. The molecule has 2 aromatic rings. The summed E-state index contributed by atoms with van der Waals surface area (Å²) in [5.41, 5.74) is 1.13. The molecule has 0 aromatic heterocycles. The molecule has 34 heavy (non-hydrogen) atoms. The summed E-state index contributed by atoms with van der Waals surface area (Å²) in [6, 6.07) is 16.0. The number of carbonyl (C=O) groups is 4. The van der Waals surface area contributed by atoms with E-state index >= 15 is 0 Å². The third-order valence-electron chi connectivity index (χ3n) is 5.81. The highest BCUT2D eigenvalue weighted by molar-refractivity contribution is 6.43. The van der Waals surface area contributed by atoms with Crippen molar-refractivity contribution in [1.29, 1.82) is 0 Å². The maximum atomic E-state index is 13.6. The van der Waals surface area contributed by atoms with E-state index in [2.05, 4.69) is 10.6 Å². The maximum absolute atomic E-state index is 13.6. The number of rotatable bonds is 12. The van der Waals surface area contributed by atoms with Crippen LogP contribution in [-0.4, -0.2) is 53.5 Å². The van der Waals surface area contributed by atoms with Crippen LogP contribution in [0.25, 0.3) is 0 Å². The number of cyclic esters (lactones) is 1. The van der Waals surface area contributed by atoms with Crippen LogP contribution < -0.4 is 10.6 Å². The smallest absolute Gasteiger partial charge is 0.326 e. The van der Waals surface area contributed by atoms with E-state index in [0.717, 1.165) is 5.56 Å². The van der Waals surface area contributed by atoms with Gasteiger partial charge in [-0.15, -0.1) is 0 Å². The van der Waals surface area contributed by atoms with E-state index in [1.54, 1.807) is 44.2 Å². The Morgan fingerprint density at radius 1 is 1.03 bits per heavy atom. The summed E-state index contributed by atoms with van der Waals surface area (Å²) in [5.74, 6) is -3.26. The topological polar surface area (TPSA) is 122 Å². The van der Waals surface area contributed by atoms with Gasteiger partial charge in [0.25, 0.3) is 5.91 Å². The van der Waals surface area contributed by atoms with Crippen molar-refractivity contribution in [2.75, 3.05) is 6.61 Å². The minimum atomic E-state index is -1.12. The van der Waals surface area contributed by atoms with Crippen LogP contribution in [0.5, 0.6) is 0 Å². The van der Waals surface area contributed by atoms with Gasteiger partial charge in [0, 0.05) is 11.5 Å². The Labute approximate surface area is 198 Å². The van der Waals surface area contributed by atoms with Gasteiger partial charge in [-0.3, -0.25) is 24.5 Å². The van der Waals surface area contributed by atoms with Gasteiger partial charge in [0.1, 0.15) is 18.9 Å². The monoisotopic (exact) mass is 466 g/mol. The molecular weight excluding hydrogens is 436 g/mol. The quantitative estimate of drug-likeness (QED) is 0.188. The Morgan fingerprint density at radius 3 is 2.18 bits per heavy atom. The molecule has 4 atom stereocenters. The largest absolute Gasteiger partial charge is 0.462 e. The van der Waals surface area contributed by atoms with Crippen LogP contribution in [0.2, 0.25) is 0 Å². The molecule has 1 saturated heterocycles. The van der Waals surface area contributed by atoms with Crippen molar-refractivity contribution < 1.29 is 29.0 Å². The van der Waals surface area contributed by atoms with Gasteiger partial charge in [-0.25, -0.2) is 0 Å². The molecule has 1 amide bonds. The molecule has 0 aliphatic carbocycles. The summed E-state index contributed by atoms with van der Waals surface area (Å²) in [7, 11) is 0. The molecule has 3 N–H and O–H groups in total. The summed E-state index contributed by atoms with van der Waals surface area (Å²) in [6.45, 7) is 3.74. The SMILES string of the molecule is CC(C)C(NC(=O)C(=O)c1ccccc1)C(=O)C(Cc1ccccc1)CC(O)NC1COC1=O. The van der Waals surface area contributed by atoms with Gasteiger partial charge in [0.05, 0.1) is 6.04 Å². The van der Waals surface area contributed by atoms with Gasteiger partial charge in [-0.2, -0.15) is 0 Å². The Morgan fingerprint density at radius 2 is 1.65 bits per heavy atom. The highest BCUT2D eigenvalue weighted by Gasteiger charge is 2.36. The van der Waals surface area contributed by atoms with E-state index in [0.29, 0.717) is 6.42 Å². The predicted octanol–water partition coefficient (Wildman–Crippen LogP) is 1.66. The minimum Gasteiger partial charge on any atom is -0.462 e. The number of hydrogen-bond donors (Lipinski definition) is 3. The second-order valence-electron chi connectivity index (χ2n) is 8.78. The summed E-state index contributed by atoms with van der Waals surface area (Å²) < 4.78 is 4.71. The van der Waals surface area contributed by atoms with E-state index in [1.165, 1.54) is 0 Å². The number of esters is 1. The van der Waals surface area contributed by atoms with Gasteiger partial charge < -0.3 is 15.2 Å². The number of amides is 1.